The van der Waals surface area contributed by atoms with E-state index in [4.69, 9.17) is 4.98 Å². The van der Waals surface area contributed by atoms with Gasteiger partial charge in [0, 0.05) is 37.2 Å². The van der Waals surface area contributed by atoms with E-state index in [1.807, 2.05) is 60.0 Å². The van der Waals surface area contributed by atoms with Gasteiger partial charge in [0.15, 0.2) is 0 Å². The van der Waals surface area contributed by atoms with Crippen molar-refractivity contribution >= 4 is 44.8 Å². The molecule has 3 heterocycles. The largest absolute Gasteiger partial charge is 0.305 e. The standard InChI is InChI=1S/C25H26NSSi.C11H8N.Ir/c1-28(2,3)23-13-7-12-22-24(23)20-11-6-10-19(25(20)27-22)21-16-18(14-15-26-21)17-8-4-5-9-17;1-2-6-10(7-3-1)11-8-4-5-9-12-11;/h6-7,11-17H,4-5,8-9H2,1-3H3;1-6,8-9H;/q2*-1;. The van der Waals surface area contributed by atoms with Crippen LogP contribution in [-0.2, 0) is 20.1 Å². The monoisotopic (exact) mass is 747 g/mol. The third-order valence-corrected chi connectivity index (χ3v) is 11.0. The predicted molar refractivity (Wildman–Crippen MR) is 174 cm³/mol. The minimum absolute atomic E-state index is 0. The van der Waals surface area contributed by atoms with Crippen LogP contribution in [-0.4, -0.2) is 18.0 Å². The molecule has 0 N–H and O–H groups in total. The molecule has 3 aromatic carbocycles. The first-order chi connectivity index (χ1) is 19.5. The van der Waals surface area contributed by atoms with Gasteiger partial charge in [-0.05, 0) is 58.4 Å². The van der Waals surface area contributed by atoms with E-state index in [9.17, 15) is 0 Å². The molecule has 3 aromatic heterocycles. The molecule has 1 aliphatic rings. The van der Waals surface area contributed by atoms with Crippen LogP contribution in [0.2, 0.25) is 19.6 Å². The first-order valence-electron chi connectivity index (χ1n) is 14.2. The Kier molecular flexibility index (Phi) is 9.30. The van der Waals surface area contributed by atoms with Crippen LogP contribution in [0.1, 0.15) is 37.2 Å². The van der Waals surface area contributed by atoms with E-state index in [0.717, 1.165) is 17.0 Å². The summed E-state index contributed by atoms with van der Waals surface area (Å²) in [4.78, 5) is 8.97. The van der Waals surface area contributed by atoms with Gasteiger partial charge in [0.05, 0.1) is 8.07 Å². The van der Waals surface area contributed by atoms with E-state index in [2.05, 4.69) is 79.2 Å². The molecule has 6 aromatic rings. The number of benzene rings is 3. The van der Waals surface area contributed by atoms with Crippen molar-refractivity contribution < 1.29 is 20.1 Å². The van der Waals surface area contributed by atoms with E-state index in [-0.39, 0.29) is 20.1 Å². The molecule has 7 rings (SSSR count). The van der Waals surface area contributed by atoms with E-state index in [1.165, 1.54) is 57.0 Å². The summed E-state index contributed by atoms with van der Waals surface area (Å²) >= 11 is 1.90. The number of thiophene rings is 1. The molecule has 0 saturated heterocycles. The van der Waals surface area contributed by atoms with Crippen molar-refractivity contribution in [2.24, 2.45) is 0 Å². The molecule has 1 fully saturated rings. The van der Waals surface area contributed by atoms with E-state index in [0.29, 0.717) is 5.92 Å². The average molecular weight is 747 g/mol. The average Bonchev–Trinajstić information content (AvgIpc) is 3.67. The second kappa shape index (κ2) is 12.9. The van der Waals surface area contributed by atoms with Crippen LogP contribution in [0.3, 0.4) is 0 Å². The van der Waals surface area contributed by atoms with Crippen LogP contribution in [0, 0.1) is 12.1 Å². The summed E-state index contributed by atoms with van der Waals surface area (Å²) in [7, 11) is -1.42. The predicted octanol–water partition coefficient (Wildman–Crippen LogP) is 9.67. The van der Waals surface area contributed by atoms with Crippen molar-refractivity contribution in [2.75, 3.05) is 0 Å². The Morgan fingerprint density at radius 2 is 1.59 bits per heavy atom. The Hall–Kier alpha value is -2.95. The maximum Gasteiger partial charge on any atom is 0.0783 e. The third kappa shape index (κ3) is 6.44. The molecule has 41 heavy (non-hydrogen) atoms. The van der Waals surface area contributed by atoms with Gasteiger partial charge in [-0.25, -0.2) is 0 Å². The molecule has 1 aliphatic carbocycles. The molecule has 0 unspecified atom stereocenters. The summed E-state index contributed by atoms with van der Waals surface area (Å²) < 4.78 is 2.72. The number of rotatable bonds is 4. The summed E-state index contributed by atoms with van der Waals surface area (Å²) in [5, 5.41) is 4.39. The summed E-state index contributed by atoms with van der Waals surface area (Å²) in [5.74, 6) is 0.710. The summed E-state index contributed by atoms with van der Waals surface area (Å²) in [6, 6.07) is 36.1. The van der Waals surface area contributed by atoms with Crippen LogP contribution in [0.15, 0.2) is 97.3 Å². The van der Waals surface area contributed by atoms with Gasteiger partial charge in [0.1, 0.15) is 0 Å². The topological polar surface area (TPSA) is 25.8 Å². The zero-order valence-electron chi connectivity index (χ0n) is 23.8. The fourth-order valence-corrected chi connectivity index (χ4v) is 8.72. The third-order valence-electron chi connectivity index (χ3n) is 7.78. The van der Waals surface area contributed by atoms with Gasteiger partial charge >= 0.3 is 0 Å². The van der Waals surface area contributed by atoms with Crippen LogP contribution in [0.4, 0.5) is 0 Å². The zero-order chi connectivity index (χ0) is 27.5. The van der Waals surface area contributed by atoms with Crippen LogP contribution in [0.25, 0.3) is 42.7 Å². The number of nitrogens with zero attached hydrogens (tertiary/aromatic N) is 2. The molecule has 0 spiro atoms. The van der Waals surface area contributed by atoms with E-state index in [1.54, 1.807) is 11.4 Å². The Bertz CT molecular complexity index is 1700. The minimum atomic E-state index is -1.42. The van der Waals surface area contributed by atoms with Crippen molar-refractivity contribution in [1.82, 2.24) is 9.97 Å². The van der Waals surface area contributed by atoms with Gasteiger partial charge in [-0.1, -0.05) is 79.0 Å². The van der Waals surface area contributed by atoms with Crippen molar-refractivity contribution in [2.45, 2.75) is 51.2 Å². The molecular weight excluding hydrogens is 713 g/mol. The van der Waals surface area contributed by atoms with Crippen molar-refractivity contribution in [1.29, 1.82) is 0 Å². The van der Waals surface area contributed by atoms with Gasteiger partial charge in [0.25, 0.3) is 0 Å². The van der Waals surface area contributed by atoms with Crippen molar-refractivity contribution in [3.05, 3.63) is 115 Å². The second-order valence-electron chi connectivity index (χ2n) is 11.6. The number of aromatic nitrogens is 2. The first-order valence-corrected chi connectivity index (χ1v) is 18.5. The van der Waals surface area contributed by atoms with Gasteiger partial charge in [-0.15, -0.1) is 59.7 Å². The number of hydrogen-bond acceptors (Lipinski definition) is 3. The summed E-state index contributed by atoms with van der Waals surface area (Å²) in [6.07, 6.45) is 9.14. The Morgan fingerprint density at radius 1 is 0.780 bits per heavy atom. The minimum Gasteiger partial charge on any atom is -0.305 e. The SMILES string of the molecule is C[Si](C)(C)c1cccc2sc3c(-c4cc(C5CCCC5)ccn4)[c-]ccc3c12.[Ir].[c-]1ccccc1-c1ccccn1. The van der Waals surface area contributed by atoms with Gasteiger partial charge in [-0.3, -0.25) is 0 Å². The molecule has 0 atom stereocenters. The van der Waals surface area contributed by atoms with Gasteiger partial charge in [0.2, 0.25) is 0 Å². The molecule has 2 nitrogen and oxygen atoms in total. The molecule has 1 saturated carbocycles. The molecule has 0 bridgehead atoms. The molecule has 0 amide bonds. The number of pyridine rings is 2. The second-order valence-corrected chi connectivity index (χ2v) is 17.7. The fraction of sp³-hybridized carbons (Fsp3) is 0.222. The van der Waals surface area contributed by atoms with Crippen molar-refractivity contribution in [3.63, 3.8) is 0 Å². The van der Waals surface area contributed by atoms with Crippen molar-refractivity contribution in [3.8, 4) is 22.5 Å². The van der Waals surface area contributed by atoms with Crippen LogP contribution >= 0.6 is 11.3 Å². The fourth-order valence-electron chi connectivity index (χ4n) is 5.78. The Balaban J connectivity index is 0.000000218. The smallest absolute Gasteiger partial charge is 0.0783 e. The molecule has 5 heteroatoms. The van der Waals surface area contributed by atoms with Gasteiger partial charge < -0.3 is 9.97 Å². The summed E-state index contributed by atoms with van der Waals surface area (Å²) in [6.45, 7) is 7.32. The van der Waals surface area contributed by atoms with Crippen LogP contribution < -0.4 is 5.19 Å². The van der Waals surface area contributed by atoms with E-state index >= 15 is 0 Å². The molecule has 1 radical (unpaired) electrons. The maximum atomic E-state index is 4.76. The normalized spacial score (nSPS) is 13.5. The van der Waals surface area contributed by atoms with Gasteiger partial charge in [-0.2, -0.15) is 11.3 Å². The quantitative estimate of drug-likeness (QED) is 0.133. The molecular formula is C36H34IrN2SSi-2. The molecule has 0 aliphatic heterocycles. The maximum absolute atomic E-state index is 4.76. The number of fused-ring (bicyclic) bond motifs is 3. The zero-order valence-corrected chi connectivity index (χ0v) is 28.0. The van der Waals surface area contributed by atoms with Crippen LogP contribution in [0.5, 0.6) is 0 Å². The number of hydrogen-bond donors (Lipinski definition) is 0. The Morgan fingerprint density at radius 3 is 2.32 bits per heavy atom. The molecule has 209 valence electrons. The summed E-state index contributed by atoms with van der Waals surface area (Å²) in [5.41, 5.74) is 5.71. The Labute approximate surface area is 262 Å². The van der Waals surface area contributed by atoms with E-state index < -0.39 is 8.07 Å². The first kappa shape index (κ1) is 29.5.